The monoisotopic (exact) mass is 489 g/mol. The number of carbonyl (C=O) groups is 1. The van der Waals surface area contributed by atoms with Gasteiger partial charge in [-0.3, -0.25) is 9.69 Å². The molecule has 0 spiro atoms. The summed E-state index contributed by atoms with van der Waals surface area (Å²) in [6.07, 6.45) is -3.00. The molecule has 10 heteroatoms. The number of aromatic hydroxyl groups is 1. The lowest BCUT2D eigenvalue weighted by Gasteiger charge is -2.16. The van der Waals surface area contributed by atoms with Crippen LogP contribution in [0.5, 0.6) is 11.5 Å². The number of alkyl halides is 3. The van der Waals surface area contributed by atoms with E-state index in [1.807, 2.05) is 0 Å². The lowest BCUT2D eigenvalue weighted by molar-refractivity contribution is -0.137. The average Bonchev–Trinajstić information content (AvgIpc) is 2.90. The number of phenols is 1. The Morgan fingerprint density at radius 1 is 1.29 bits per heavy atom. The van der Waals surface area contributed by atoms with Gasteiger partial charge in [-0.05, 0) is 57.9 Å². The fraction of sp³-hybridized carbons (Fsp3) is 0.111. The minimum atomic E-state index is -4.53. The van der Waals surface area contributed by atoms with Gasteiger partial charge in [0.2, 0.25) is 0 Å². The van der Waals surface area contributed by atoms with Crippen molar-refractivity contribution in [2.75, 3.05) is 12.0 Å². The Bertz CT molecular complexity index is 1010. The van der Waals surface area contributed by atoms with E-state index in [1.54, 1.807) is 6.07 Å². The van der Waals surface area contributed by atoms with Crippen LogP contribution in [0.15, 0.2) is 45.8 Å². The molecule has 1 N–H and O–H groups in total. The molecule has 146 valence electrons. The highest BCUT2D eigenvalue weighted by atomic mass is 79.9. The zero-order valence-corrected chi connectivity index (χ0v) is 17.3. The third kappa shape index (κ3) is 4.03. The highest BCUT2D eigenvalue weighted by Crippen LogP contribution is 2.40. The fourth-order valence-corrected chi connectivity index (χ4v) is 4.25. The number of nitrogens with zero attached hydrogens (tertiary/aromatic N) is 1. The Labute approximate surface area is 176 Å². The smallest absolute Gasteiger partial charge is 0.416 e. The number of carbonyl (C=O) groups excluding carboxylic acids is 1. The van der Waals surface area contributed by atoms with Crippen molar-refractivity contribution in [3.63, 3.8) is 0 Å². The largest absolute Gasteiger partial charge is 0.503 e. The number of hydrogen-bond donors (Lipinski definition) is 1. The van der Waals surface area contributed by atoms with E-state index in [0.717, 1.165) is 28.8 Å². The second-order valence-electron chi connectivity index (χ2n) is 5.62. The van der Waals surface area contributed by atoms with E-state index in [9.17, 15) is 23.1 Å². The maximum absolute atomic E-state index is 13.0. The first-order chi connectivity index (χ1) is 13.1. The SMILES string of the molecule is COc1cc(C=C2SC(=S)N(c3cccc(C(F)(F)F)c3)C2=O)cc(Br)c1O. The molecule has 0 aromatic heterocycles. The Morgan fingerprint density at radius 2 is 2.00 bits per heavy atom. The number of amides is 1. The number of thioether (sulfide) groups is 1. The summed E-state index contributed by atoms with van der Waals surface area (Å²) in [5, 5.41) is 9.87. The second-order valence-corrected chi connectivity index (χ2v) is 8.15. The minimum Gasteiger partial charge on any atom is -0.503 e. The van der Waals surface area contributed by atoms with Crippen molar-refractivity contribution in [2.24, 2.45) is 0 Å². The van der Waals surface area contributed by atoms with E-state index < -0.39 is 17.6 Å². The van der Waals surface area contributed by atoms with Crippen molar-refractivity contribution >= 4 is 61.9 Å². The summed E-state index contributed by atoms with van der Waals surface area (Å²) in [4.78, 5) is 14.1. The van der Waals surface area contributed by atoms with Gasteiger partial charge in [0.25, 0.3) is 5.91 Å². The molecule has 28 heavy (non-hydrogen) atoms. The average molecular weight is 490 g/mol. The Hall–Kier alpha value is -2.04. The molecule has 1 aliphatic rings. The number of phenolic OH excluding ortho intramolecular Hbond substituents is 1. The van der Waals surface area contributed by atoms with Gasteiger partial charge in [-0.25, -0.2) is 0 Å². The van der Waals surface area contributed by atoms with E-state index in [0.29, 0.717) is 10.0 Å². The highest BCUT2D eigenvalue weighted by Gasteiger charge is 2.36. The standard InChI is InChI=1S/C18H11BrF3NO3S2/c1-26-13-6-9(5-12(19)15(13)24)7-14-16(25)23(17(27)28-14)11-4-2-3-10(8-11)18(20,21)22/h2-8,24H,1H3. The van der Waals surface area contributed by atoms with Crippen molar-refractivity contribution in [2.45, 2.75) is 6.18 Å². The molecule has 2 aromatic carbocycles. The second kappa shape index (κ2) is 7.76. The maximum atomic E-state index is 13.0. The lowest BCUT2D eigenvalue weighted by atomic mass is 10.1. The zero-order chi connectivity index (χ0) is 20.6. The lowest BCUT2D eigenvalue weighted by Crippen LogP contribution is -2.27. The van der Waals surface area contributed by atoms with E-state index in [2.05, 4.69) is 15.9 Å². The topological polar surface area (TPSA) is 49.8 Å². The molecule has 1 saturated heterocycles. The van der Waals surface area contributed by atoms with E-state index >= 15 is 0 Å². The van der Waals surface area contributed by atoms with Crippen molar-refractivity contribution in [1.82, 2.24) is 0 Å². The molecule has 0 aliphatic carbocycles. The number of benzene rings is 2. The van der Waals surface area contributed by atoms with Gasteiger partial charge in [-0.15, -0.1) is 0 Å². The summed E-state index contributed by atoms with van der Waals surface area (Å²) < 4.78 is 44.5. The molecule has 2 aromatic rings. The van der Waals surface area contributed by atoms with Crippen molar-refractivity contribution < 1.29 is 27.8 Å². The summed E-state index contributed by atoms with van der Waals surface area (Å²) in [5.41, 5.74) is -0.272. The summed E-state index contributed by atoms with van der Waals surface area (Å²) in [5.74, 6) is -0.414. The third-order valence-corrected chi connectivity index (χ3v) is 5.70. The number of ether oxygens (including phenoxy) is 1. The van der Waals surface area contributed by atoms with Crippen LogP contribution in [0.2, 0.25) is 0 Å². The molecule has 0 saturated carbocycles. The van der Waals surface area contributed by atoms with Gasteiger partial charge in [0.1, 0.15) is 0 Å². The van der Waals surface area contributed by atoms with Gasteiger partial charge in [0.15, 0.2) is 15.8 Å². The predicted octanol–water partition coefficient (Wildman–Crippen LogP) is 5.59. The number of rotatable bonds is 3. The highest BCUT2D eigenvalue weighted by molar-refractivity contribution is 9.10. The van der Waals surface area contributed by atoms with Gasteiger partial charge in [-0.2, -0.15) is 13.2 Å². The Kier molecular flexibility index (Phi) is 5.74. The Balaban J connectivity index is 1.97. The van der Waals surface area contributed by atoms with Crippen LogP contribution in [0.1, 0.15) is 11.1 Å². The summed E-state index contributed by atoms with van der Waals surface area (Å²) >= 11 is 9.37. The number of anilines is 1. The molecular weight excluding hydrogens is 479 g/mol. The molecule has 1 amide bonds. The molecule has 0 bridgehead atoms. The normalized spacial score (nSPS) is 16.2. The van der Waals surface area contributed by atoms with Gasteiger partial charge >= 0.3 is 6.18 Å². The molecular formula is C18H11BrF3NO3S2. The number of halogens is 4. The first-order valence-corrected chi connectivity index (χ1v) is 9.65. The number of hydrogen-bond acceptors (Lipinski definition) is 5. The summed E-state index contributed by atoms with van der Waals surface area (Å²) in [7, 11) is 1.39. The van der Waals surface area contributed by atoms with Gasteiger partial charge in [0, 0.05) is 0 Å². The van der Waals surface area contributed by atoms with Gasteiger partial charge in [-0.1, -0.05) is 30.0 Å². The van der Waals surface area contributed by atoms with Gasteiger partial charge in [0.05, 0.1) is 27.7 Å². The quantitative estimate of drug-likeness (QED) is 0.449. The van der Waals surface area contributed by atoms with Crippen LogP contribution in [-0.2, 0) is 11.0 Å². The molecule has 3 rings (SSSR count). The molecule has 4 nitrogen and oxygen atoms in total. The van der Waals surface area contributed by atoms with Crippen molar-refractivity contribution in [1.29, 1.82) is 0 Å². The van der Waals surface area contributed by atoms with Gasteiger partial charge < -0.3 is 9.84 Å². The molecule has 0 radical (unpaired) electrons. The Morgan fingerprint density at radius 3 is 2.64 bits per heavy atom. The minimum absolute atomic E-state index is 0.0465. The summed E-state index contributed by atoms with van der Waals surface area (Å²) in [6, 6.07) is 7.53. The molecule has 1 aliphatic heterocycles. The summed E-state index contributed by atoms with van der Waals surface area (Å²) in [6.45, 7) is 0. The van der Waals surface area contributed by atoms with Crippen LogP contribution < -0.4 is 9.64 Å². The maximum Gasteiger partial charge on any atom is 0.416 e. The van der Waals surface area contributed by atoms with Crippen molar-refractivity contribution in [3.8, 4) is 11.5 Å². The van der Waals surface area contributed by atoms with E-state index in [-0.39, 0.29) is 26.4 Å². The van der Waals surface area contributed by atoms with Crippen LogP contribution in [0.4, 0.5) is 18.9 Å². The van der Waals surface area contributed by atoms with Crippen LogP contribution in [0.3, 0.4) is 0 Å². The molecule has 0 unspecified atom stereocenters. The van der Waals surface area contributed by atoms with Crippen LogP contribution >= 0.6 is 39.9 Å². The van der Waals surface area contributed by atoms with Crippen LogP contribution in [0, 0.1) is 0 Å². The molecule has 1 heterocycles. The zero-order valence-electron chi connectivity index (χ0n) is 14.1. The number of thiocarbonyl (C=S) groups is 1. The molecule has 1 fully saturated rings. The third-order valence-electron chi connectivity index (χ3n) is 3.79. The number of methoxy groups -OCH3 is 1. The van der Waals surface area contributed by atoms with E-state index in [1.165, 1.54) is 31.4 Å². The van der Waals surface area contributed by atoms with Crippen LogP contribution in [-0.4, -0.2) is 22.4 Å². The first-order valence-electron chi connectivity index (χ1n) is 7.63. The van der Waals surface area contributed by atoms with E-state index in [4.69, 9.17) is 17.0 Å². The van der Waals surface area contributed by atoms with Crippen LogP contribution in [0.25, 0.3) is 6.08 Å². The first kappa shape index (κ1) is 20.7. The predicted molar refractivity (Wildman–Crippen MR) is 109 cm³/mol. The fourth-order valence-electron chi connectivity index (χ4n) is 2.50. The molecule has 0 atom stereocenters. The van der Waals surface area contributed by atoms with Crippen molar-refractivity contribution in [3.05, 3.63) is 56.9 Å².